The van der Waals surface area contributed by atoms with Gasteiger partial charge in [-0.25, -0.2) is 4.79 Å². The Bertz CT molecular complexity index is 929. The van der Waals surface area contributed by atoms with Crippen molar-refractivity contribution in [2.75, 3.05) is 12.4 Å². The summed E-state index contributed by atoms with van der Waals surface area (Å²) in [6, 6.07) is 19.9. The molecule has 1 N–H and O–H groups in total. The molecule has 0 heterocycles. The van der Waals surface area contributed by atoms with Crippen molar-refractivity contribution >= 4 is 28.3 Å². The number of hydrogen-bond donors (Lipinski definition) is 1. The summed E-state index contributed by atoms with van der Waals surface area (Å²) in [6.45, 7) is 1.54. The van der Waals surface area contributed by atoms with Gasteiger partial charge in [-0.1, -0.05) is 36.4 Å². The van der Waals surface area contributed by atoms with Crippen molar-refractivity contribution in [3.63, 3.8) is 0 Å². The molecule has 132 valence electrons. The molecule has 0 aliphatic rings. The molecule has 5 heteroatoms. The van der Waals surface area contributed by atoms with Gasteiger partial charge >= 0.3 is 5.97 Å². The number of esters is 1. The molecule has 0 saturated heterocycles. The minimum atomic E-state index is -0.927. The maximum Gasteiger partial charge on any atom is 0.339 e. The van der Waals surface area contributed by atoms with Crippen LogP contribution in [-0.4, -0.2) is 25.1 Å². The fourth-order valence-corrected chi connectivity index (χ4v) is 2.60. The summed E-state index contributed by atoms with van der Waals surface area (Å²) in [7, 11) is 1.57. The molecule has 0 aliphatic heterocycles. The van der Waals surface area contributed by atoms with E-state index in [1.807, 2.05) is 30.3 Å². The topological polar surface area (TPSA) is 64.6 Å². The lowest BCUT2D eigenvalue weighted by Crippen LogP contribution is -2.30. The number of methoxy groups -OCH3 is 1. The summed E-state index contributed by atoms with van der Waals surface area (Å²) in [5.74, 6) is -0.235. The van der Waals surface area contributed by atoms with Crippen molar-refractivity contribution < 1.29 is 19.1 Å². The molecular weight excluding hydrogens is 330 g/mol. The van der Waals surface area contributed by atoms with Gasteiger partial charge in [0.1, 0.15) is 5.75 Å². The number of benzene rings is 3. The minimum Gasteiger partial charge on any atom is -0.497 e. The van der Waals surface area contributed by atoms with Crippen LogP contribution in [0.2, 0.25) is 0 Å². The zero-order chi connectivity index (χ0) is 18.5. The molecule has 3 aromatic carbocycles. The summed E-state index contributed by atoms with van der Waals surface area (Å²) >= 11 is 0. The van der Waals surface area contributed by atoms with Crippen LogP contribution in [0.3, 0.4) is 0 Å². The predicted octanol–water partition coefficient (Wildman–Crippen LogP) is 4.03. The lowest BCUT2D eigenvalue weighted by molar-refractivity contribution is -0.123. The number of amides is 1. The first-order valence-electron chi connectivity index (χ1n) is 8.22. The van der Waals surface area contributed by atoms with E-state index in [4.69, 9.17) is 9.47 Å². The average molecular weight is 349 g/mol. The highest BCUT2D eigenvalue weighted by Gasteiger charge is 2.20. The lowest BCUT2D eigenvalue weighted by Gasteiger charge is -2.14. The van der Waals surface area contributed by atoms with Crippen LogP contribution in [0.4, 0.5) is 5.69 Å². The third kappa shape index (κ3) is 3.83. The Labute approximate surface area is 151 Å². The molecule has 0 radical (unpaired) electrons. The smallest absolute Gasteiger partial charge is 0.339 e. The maximum atomic E-state index is 12.5. The second-order valence-electron chi connectivity index (χ2n) is 5.79. The summed E-state index contributed by atoms with van der Waals surface area (Å²) in [6.07, 6.45) is -0.927. The molecule has 0 spiro atoms. The summed E-state index contributed by atoms with van der Waals surface area (Å²) in [5, 5.41) is 4.45. The zero-order valence-corrected chi connectivity index (χ0v) is 14.6. The van der Waals surface area contributed by atoms with Crippen LogP contribution in [-0.2, 0) is 9.53 Å². The fourth-order valence-electron chi connectivity index (χ4n) is 2.60. The molecule has 0 bridgehead atoms. The average Bonchev–Trinajstić information content (AvgIpc) is 2.68. The van der Waals surface area contributed by atoms with Crippen LogP contribution in [0.5, 0.6) is 5.75 Å². The first-order valence-corrected chi connectivity index (χ1v) is 8.22. The number of nitrogens with one attached hydrogen (secondary N) is 1. The van der Waals surface area contributed by atoms with E-state index in [-0.39, 0.29) is 0 Å². The van der Waals surface area contributed by atoms with Crippen molar-refractivity contribution in [3.8, 4) is 5.75 Å². The van der Waals surface area contributed by atoms with Gasteiger partial charge in [-0.15, -0.1) is 0 Å². The second kappa shape index (κ2) is 7.70. The van der Waals surface area contributed by atoms with Crippen LogP contribution in [0, 0.1) is 0 Å². The standard InChI is InChI=1S/C21H19NO4/c1-14(20(23)22-16-10-12-17(25-2)13-11-16)26-21(24)19-9-5-7-15-6-3-4-8-18(15)19/h3-14H,1-2H3,(H,22,23)/t14-/m0/s1. The van der Waals surface area contributed by atoms with Crippen molar-refractivity contribution in [1.82, 2.24) is 0 Å². The molecule has 0 aromatic heterocycles. The predicted molar refractivity (Wildman–Crippen MR) is 100 cm³/mol. The Balaban J connectivity index is 1.68. The molecule has 1 amide bonds. The molecule has 26 heavy (non-hydrogen) atoms. The van der Waals surface area contributed by atoms with E-state index in [2.05, 4.69) is 5.32 Å². The molecule has 5 nitrogen and oxygen atoms in total. The molecule has 0 unspecified atom stereocenters. The first kappa shape index (κ1) is 17.5. The number of fused-ring (bicyclic) bond motifs is 1. The highest BCUT2D eigenvalue weighted by molar-refractivity contribution is 6.05. The van der Waals surface area contributed by atoms with Gasteiger partial charge in [-0.3, -0.25) is 4.79 Å². The van der Waals surface area contributed by atoms with E-state index in [1.54, 1.807) is 50.4 Å². The van der Waals surface area contributed by atoms with Gasteiger partial charge in [0.15, 0.2) is 6.10 Å². The fraction of sp³-hybridized carbons (Fsp3) is 0.143. The highest BCUT2D eigenvalue weighted by Crippen LogP contribution is 2.20. The molecule has 0 fully saturated rings. The lowest BCUT2D eigenvalue weighted by atomic mass is 10.0. The second-order valence-corrected chi connectivity index (χ2v) is 5.79. The van der Waals surface area contributed by atoms with E-state index in [1.165, 1.54) is 0 Å². The van der Waals surface area contributed by atoms with Gasteiger partial charge in [0.25, 0.3) is 5.91 Å². The van der Waals surface area contributed by atoms with Gasteiger partial charge < -0.3 is 14.8 Å². The van der Waals surface area contributed by atoms with Crippen LogP contribution in [0.15, 0.2) is 66.7 Å². The van der Waals surface area contributed by atoms with E-state index in [9.17, 15) is 9.59 Å². The van der Waals surface area contributed by atoms with Crippen LogP contribution < -0.4 is 10.1 Å². The molecular formula is C21H19NO4. The van der Waals surface area contributed by atoms with Crippen LogP contribution >= 0.6 is 0 Å². The van der Waals surface area contributed by atoms with E-state index < -0.39 is 18.0 Å². The number of ether oxygens (including phenoxy) is 2. The Morgan fingerprint density at radius 3 is 2.35 bits per heavy atom. The largest absolute Gasteiger partial charge is 0.497 e. The van der Waals surface area contributed by atoms with Gasteiger partial charge in [0, 0.05) is 5.69 Å². The molecule has 3 rings (SSSR count). The zero-order valence-electron chi connectivity index (χ0n) is 14.6. The van der Waals surface area contributed by atoms with Gasteiger partial charge in [-0.2, -0.15) is 0 Å². The van der Waals surface area contributed by atoms with Crippen molar-refractivity contribution in [2.24, 2.45) is 0 Å². The molecule has 1 atom stereocenters. The minimum absolute atomic E-state index is 0.399. The number of rotatable bonds is 5. The Morgan fingerprint density at radius 1 is 0.923 bits per heavy atom. The molecule has 0 aliphatic carbocycles. The van der Waals surface area contributed by atoms with E-state index >= 15 is 0 Å². The van der Waals surface area contributed by atoms with Crippen molar-refractivity contribution in [1.29, 1.82) is 0 Å². The van der Waals surface area contributed by atoms with E-state index in [0.29, 0.717) is 17.0 Å². The summed E-state index contributed by atoms with van der Waals surface area (Å²) < 4.78 is 10.4. The number of hydrogen-bond acceptors (Lipinski definition) is 4. The third-order valence-corrected chi connectivity index (χ3v) is 4.02. The van der Waals surface area contributed by atoms with Gasteiger partial charge in [0.05, 0.1) is 12.7 Å². The summed E-state index contributed by atoms with van der Waals surface area (Å²) in [4.78, 5) is 24.8. The Hall–Kier alpha value is -3.34. The highest BCUT2D eigenvalue weighted by atomic mass is 16.5. The van der Waals surface area contributed by atoms with E-state index in [0.717, 1.165) is 10.8 Å². The van der Waals surface area contributed by atoms with Gasteiger partial charge in [0.2, 0.25) is 0 Å². The number of anilines is 1. The normalized spacial score (nSPS) is 11.6. The third-order valence-electron chi connectivity index (χ3n) is 4.02. The molecule has 3 aromatic rings. The summed E-state index contributed by atoms with van der Waals surface area (Å²) in [5.41, 5.74) is 1.04. The molecule has 0 saturated carbocycles. The Morgan fingerprint density at radius 2 is 1.62 bits per heavy atom. The van der Waals surface area contributed by atoms with Crippen LogP contribution in [0.1, 0.15) is 17.3 Å². The van der Waals surface area contributed by atoms with Gasteiger partial charge in [-0.05, 0) is 48.0 Å². The number of carbonyl (C=O) groups is 2. The number of carbonyl (C=O) groups excluding carboxylic acids is 2. The van der Waals surface area contributed by atoms with Crippen molar-refractivity contribution in [2.45, 2.75) is 13.0 Å². The SMILES string of the molecule is COc1ccc(NC(=O)[C@H](C)OC(=O)c2cccc3ccccc23)cc1. The van der Waals surface area contributed by atoms with Crippen LogP contribution in [0.25, 0.3) is 10.8 Å². The van der Waals surface area contributed by atoms with Crippen molar-refractivity contribution in [3.05, 3.63) is 72.3 Å². The monoisotopic (exact) mass is 349 g/mol. The maximum absolute atomic E-state index is 12.5. The first-order chi connectivity index (χ1) is 12.6. The Kier molecular flexibility index (Phi) is 5.17. The quantitative estimate of drug-likeness (QED) is 0.706.